The molecule has 1 aromatic carbocycles. The summed E-state index contributed by atoms with van der Waals surface area (Å²) in [5.41, 5.74) is 1.30. The van der Waals surface area contributed by atoms with Crippen molar-refractivity contribution in [3.63, 3.8) is 0 Å². The highest BCUT2D eigenvalue weighted by Crippen LogP contribution is 2.32. The van der Waals surface area contributed by atoms with Gasteiger partial charge in [-0.1, -0.05) is 84.7 Å². The lowest BCUT2D eigenvalue weighted by atomic mass is 9.92. The number of rotatable bonds is 20. The molecule has 2 unspecified atom stereocenters. The van der Waals surface area contributed by atoms with E-state index >= 15 is 0 Å². The van der Waals surface area contributed by atoms with Gasteiger partial charge in [0.25, 0.3) is 5.91 Å². The van der Waals surface area contributed by atoms with Crippen LogP contribution in [0, 0.1) is 17.8 Å². The number of carbonyl (C=O) groups is 4. The van der Waals surface area contributed by atoms with E-state index in [0.717, 1.165) is 31.4 Å². The van der Waals surface area contributed by atoms with E-state index in [9.17, 15) is 24.3 Å². The zero-order chi connectivity index (χ0) is 38.4. The van der Waals surface area contributed by atoms with E-state index in [4.69, 9.17) is 4.74 Å². The lowest BCUT2D eigenvalue weighted by Crippen LogP contribution is -2.58. The zero-order valence-electron chi connectivity index (χ0n) is 32.6. The van der Waals surface area contributed by atoms with Crippen LogP contribution in [0.15, 0.2) is 35.7 Å². The summed E-state index contributed by atoms with van der Waals surface area (Å²) in [5, 5.41) is 18.1. The number of likely N-dealkylation sites (tertiary alicyclic amines) is 1. The number of carbonyl (C=O) groups excluding carboxylic acids is 4. The lowest BCUT2D eigenvalue weighted by molar-refractivity contribution is -0.149. The molecule has 12 heteroatoms. The molecule has 0 radical (unpaired) electrons. The van der Waals surface area contributed by atoms with E-state index in [1.54, 1.807) is 5.38 Å². The van der Waals surface area contributed by atoms with Gasteiger partial charge >= 0.3 is 5.97 Å². The summed E-state index contributed by atoms with van der Waals surface area (Å²) in [4.78, 5) is 62.7. The smallest absolute Gasteiger partial charge is 0.303 e. The maximum absolute atomic E-state index is 14.6. The van der Waals surface area contributed by atoms with Gasteiger partial charge in [0, 0.05) is 44.0 Å². The van der Waals surface area contributed by atoms with Crippen molar-refractivity contribution in [3.8, 4) is 0 Å². The minimum atomic E-state index is -0.786. The standard InChI is InChI=1S/C40H63N5O6S/c1-9-19-45(40(50)36(28(6)10-2)43-38(49)33-18-14-15-20-44(33)8)34(26(3)4)23-35(51-29(7)47)39-42-32(25-52-39)37(48)41-31(21-27(5)24-46)22-30-16-12-11-13-17-30/h11-13,16-17,25-28,31,33-36,46H,9-10,14-15,18-24H2,1-8H3,(H,41,48)(H,43,49)/t27-,28-,31+,33?,34+,35+,36?/m0/s1. The van der Waals surface area contributed by atoms with Crippen LogP contribution in [-0.2, 0) is 25.5 Å². The highest BCUT2D eigenvalue weighted by Gasteiger charge is 2.38. The van der Waals surface area contributed by atoms with Gasteiger partial charge < -0.3 is 25.4 Å². The van der Waals surface area contributed by atoms with Gasteiger partial charge in [0.15, 0.2) is 6.10 Å². The molecule has 1 aliphatic rings. The van der Waals surface area contributed by atoms with E-state index in [1.165, 1.54) is 18.3 Å². The molecule has 0 bridgehead atoms. The van der Waals surface area contributed by atoms with Crippen LogP contribution in [0.25, 0.3) is 0 Å². The molecule has 1 aliphatic heterocycles. The number of benzene rings is 1. The Morgan fingerprint density at radius 1 is 1.06 bits per heavy atom. The Kier molecular flexibility index (Phi) is 17.7. The van der Waals surface area contributed by atoms with E-state index in [1.807, 2.05) is 83.8 Å². The van der Waals surface area contributed by atoms with Gasteiger partial charge in [-0.15, -0.1) is 11.3 Å². The molecule has 2 heterocycles. The Morgan fingerprint density at radius 2 is 1.77 bits per heavy atom. The van der Waals surface area contributed by atoms with E-state index in [-0.39, 0.29) is 72.3 Å². The fourth-order valence-corrected chi connectivity index (χ4v) is 7.87. The molecule has 0 aliphatic carbocycles. The summed E-state index contributed by atoms with van der Waals surface area (Å²) < 4.78 is 5.87. The highest BCUT2D eigenvalue weighted by atomic mass is 32.1. The largest absolute Gasteiger partial charge is 0.455 e. The number of nitrogens with zero attached hydrogens (tertiary/aromatic N) is 3. The van der Waals surface area contributed by atoms with Crippen LogP contribution in [0.1, 0.15) is 121 Å². The molecule has 3 rings (SSSR count). The van der Waals surface area contributed by atoms with Crippen molar-refractivity contribution in [1.82, 2.24) is 25.4 Å². The number of hydrogen-bond donors (Lipinski definition) is 3. The van der Waals surface area contributed by atoms with Gasteiger partial charge in [-0.05, 0) is 69.0 Å². The summed E-state index contributed by atoms with van der Waals surface area (Å²) >= 11 is 1.25. The number of aliphatic hydroxyl groups excluding tert-OH is 1. The quantitative estimate of drug-likeness (QED) is 0.145. The highest BCUT2D eigenvalue weighted by molar-refractivity contribution is 7.09. The average molecular weight is 742 g/mol. The summed E-state index contributed by atoms with van der Waals surface area (Å²) in [6.45, 7) is 14.8. The Balaban J connectivity index is 1.86. The minimum absolute atomic E-state index is 0.00284. The number of ether oxygens (including phenoxy) is 1. The Bertz CT molecular complexity index is 1420. The Labute approximate surface area is 315 Å². The topological polar surface area (TPSA) is 141 Å². The fraction of sp³-hybridized carbons (Fsp3) is 0.675. The van der Waals surface area contributed by atoms with Crippen molar-refractivity contribution in [1.29, 1.82) is 0 Å². The number of esters is 1. The van der Waals surface area contributed by atoms with Crippen molar-refractivity contribution in [2.45, 2.75) is 130 Å². The predicted molar refractivity (Wildman–Crippen MR) is 206 cm³/mol. The Hall–Kier alpha value is -3.35. The summed E-state index contributed by atoms with van der Waals surface area (Å²) in [6.07, 6.45) is 4.94. The number of aliphatic hydroxyl groups is 1. The number of likely N-dealkylation sites (N-methyl/N-ethyl adjacent to an activating group) is 1. The second-order valence-corrected chi connectivity index (χ2v) is 15.9. The third-order valence-corrected chi connectivity index (χ3v) is 11.2. The molecular formula is C40H63N5O6S. The zero-order valence-corrected chi connectivity index (χ0v) is 33.4. The van der Waals surface area contributed by atoms with E-state index in [0.29, 0.717) is 37.2 Å². The first-order chi connectivity index (χ1) is 24.8. The number of piperidine rings is 1. The van der Waals surface area contributed by atoms with E-state index < -0.39 is 18.1 Å². The maximum atomic E-state index is 14.6. The van der Waals surface area contributed by atoms with Gasteiger partial charge in [-0.25, -0.2) is 4.98 Å². The van der Waals surface area contributed by atoms with Gasteiger partial charge in [0.2, 0.25) is 11.8 Å². The molecule has 7 atom stereocenters. The molecule has 1 saturated heterocycles. The van der Waals surface area contributed by atoms with Crippen molar-refractivity contribution in [2.75, 3.05) is 26.7 Å². The second kappa shape index (κ2) is 21.4. The number of aromatic nitrogens is 1. The average Bonchev–Trinajstić information content (AvgIpc) is 3.62. The lowest BCUT2D eigenvalue weighted by Gasteiger charge is -2.40. The van der Waals surface area contributed by atoms with Crippen molar-refractivity contribution >= 4 is 35.0 Å². The first kappa shape index (κ1) is 43.1. The molecule has 0 spiro atoms. The maximum Gasteiger partial charge on any atom is 0.303 e. The molecule has 1 fully saturated rings. The minimum Gasteiger partial charge on any atom is -0.455 e. The molecule has 0 saturated carbocycles. The third kappa shape index (κ3) is 12.7. The summed E-state index contributed by atoms with van der Waals surface area (Å²) in [5.74, 6) is -1.17. The van der Waals surface area contributed by atoms with Gasteiger partial charge in [-0.2, -0.15) is 0 Å². The third-order valence-electron chi connectivity index (χ3n) is 10.2. The van der Waals surface area contributed by atoms with Gasteiger partial charge in [0.1, 0.15) is 16.7 Å². The normalized spacial score (nSPS) is 18.5. The van der Waals surface area contributed by atoms with Crippen LogP contribution in [0.3, 0.4) is 0 Å². The fourth-order valence-electron chi connectivity index (χ4n) is 7.03. The molecule has 3 amide bonds. The van der Waals surface area contributed by atoms with Crippen molar-refractivity contribution < 1.29 is 29.0 Å². The first-order valence-electron chi connectivity index (χ1n) is 19.2. The Morgan fingerprint density at radius 3 is 2.37 bits per heavy atom. The van der Waals surface area contributed by atoms with Gasteiger partial charge in [-0.3, -0.25) is 24.1 Å². The van der Waals surface area contributed by atoms with Crippen LogP contribution in [0.5, 0.6) is 0 Å². The van der Waals surface area contributed by atoms with Crippen LogP contribution >= 0.6 is 11.3 Å². The predicted octanol–water partition coefficient (Wildman–Crippen LogP) is 5.78. The molecular weight excluding hydrogens is 679 g/mol. The van der Waals surface area contributed by atoms with Crippen LogP contribution < -0.4 is 10.6 Å². The summed E-state index contributed by atoms with van der Waals surface area (Å²) in [7, 11) is 1.96. The molecule has 52 heavy (non-hydrogen) atoms. The molecule has 2 aromatic rings. The molecule has 11 nitrogen and oxygen atoms in total. The molecule has 290 valence electrons. The molecule has 1 aromatic heterocycles. The number of amides is 3. The van der Waals surface area contributed by atoms with Crippen LogP contribution in [0.4, 0.5) is 0 Å². The second-order valence-electron chi connectivity index (χ2n) is 15.0. The number of thiazole rings is 1. The SMILES string of the molecule is CCCN(C(=O)C(NC(=O)C1CCCCN1C)[C@@H](C)CC)[C@H](C[C@@H](OC(C)=O)c1nc(C(=O)N[C@@H](Cc2ccccc2)C[C@H](C)CO)cs1)C(C)C. The van der Waals surface area contributed by atoms with Crippen molar-refractivity contribution in [2.24, 2.45) is 17.8 Å². The van der Waals surface area contributed by atoms with Gasteiger partial charge in [0.05, 0.1) is 6.04 Å². The van der Waals surface area contributed by atoms with Crippen LogP contribution in [0.2, 0.25) is 0 Å². The van der Waals surface area contributed by atoms with Crippen LogP contribution in [-0.4, -0.2) is 94.5 Å². The first-order valence-corrected chi connectivity index (χ1v) is 20.1. The number of hydrogen-bond acceptors (Lipinski definition) is 9. The monoisotopic (exact) mass is 741 g/mol. The molecule has 3 N–H and O–H groups in total. The summed E-state index contributed by atoms with van der Waals surface area (Å²) in [6, 6.07) is 8.38. The van der Waals surface area contributed by atoms with E-state index in [2.05, 4.69) is 20.5 Å². The van der Waals surface area contributed by atoms with Crippen molar-refractivity contribution in [3.05, 3.63) is 52.0 Å². The number of nitrogens with one attached hydrogen (secondary N) is 2.